The second-order valence-corrected chi connectivity index (χ2v) is 9.49. The zero-order chi connectivity index (χ0) is 24.3. The first-order chi connectivity index (χ1) is 16.8. The largest absolute Gasteiger partial charge is 0.416 e. The number of carbonyl (C=O) groups is 1. The fourth-order valence-electron chi connectivity index (χ4n) is 5.22. The van der Waals surface area contributed by atoms with E-state index in [0.29, 0.717) is 36.3 Å². The molecule has 2 fully saturated rings. The van der Waals surface area contributed by atoms with Gasteiger partial charge in [0.25, 0.3) is 5.91 Å². The molecule has 12 heteroatoms. The maximum absolute atomic E-state index is 13.8. The number of hydrogen-bond donors (Lipinski definition) is 2. The Bertz CT molecular complexity index is 1300. The number of piperidine rings is 1. The predicted octanol–water partition coefficient (Wildman–Crippen LogP) is 2.59. The Morgan fingerprint density at radius 1 is 1.23 bits per heavy atom. The molecule has 1 amide bonds. The van der Waals surface area contributed by atoms with Crippen molar-refractivity contribution in [2.45, 2.75) is 38.0 Å². The molecule has 1 saturated carbocycles. The number of carbonyl (C=O) groups excluding carboxylic acids is 1. The maximum atomic E-state index is 13.8. The average Bonchev–Trinajstić information content (AvgIpc) is 3.18. The molecular weight excluding hydrogens is 461 g/mol. The summed E-state index contributed by atoms with van der Waals surface area (Å²) in [5, 5.41) is 10.6. The molecule has 2 unspecified atom stereocenters. The van der Waals surface area contributed by atoms with Crippen molar-refractivity contribution in [3.05, 3.63) is 58.7 Å². The van der Waals surface area contributed by atoms with Gasteiger partial charge in [0.05, 0.1) is 24.3 Å². The van der Waals surface area contributed by atoms with Crippen LogP contribution in [0.1, 0.15) is 51.6 Å². The number of fused-ring (bicyclic) bond motifs is 2. The summed E-state index contributed by atoms with van der Waals surface area (Å²) in [7, 11) is 0. The highest BCUT2D eigenvalue weighted by Gasteiger charge is 2.46. The van der Waals surface area contributed by atoms with Crippen LogP contribution in [0.2, 0.25) is 0 Å². The van der Waals surface area contributed by atoms with Crippen LogP contribution in [0.3, 0.4) is 0 Å². The highest BCUT2D eigenvalue weighted by Crippen LogP contribution is 2.46. The number of nitrogen functional groups attached to an aromatic ring is 1. The van der Waals surface area contributed by atoms with E-state index in [1.165, 1.54) is 17.1 Å². The minimum atomic E-state index is -4.54. The van der Waals surface area contributed by atoms with E-state index in [9.17, 15) is 18.0 Å². The van der Waals surface area contributed by atoms with Gasteiger partial charge in [-0.25, -0.2) is 14.6 Å². The number of hydrogen-bond acceptors (Lipinski definition) is 7. The van der Waals surface area contributed by atoms with Crippen molar-refractivity contribution in [1.82, 2.24) is 30.3 Å². The SMILES string of the molecule is Nc1nccc2c1CC[C@H]2NC(=O)c1cn(Cc2cnc(N3CC4CC4C3)cc2C(F)(F)F)nn1. The zero-order valence-corrected chi connectivity index (χ0v) is 18.7. The van der Waals surface area contributed by atoms with Crippen molar-refractivity contribution in [2.75, 3.05) is 23.7 Å². The Kier molecular flexibility index (Phi) is 4.94. The molecule has 2 aliphatic carbocycles. The first-order valence-corrected chi connectivity index (χ1v) is 11.5. The van der Waals surface area contributed by atoms with E-state index < -0.39 is 17.6 Å². The Morgan fingerprint density at radius 2 is 2.03 bits per heavy atom. The molecule has 6 rings (SSSR count). The van der Waals surface area contributed by atoms with Gasteiger partial charge in [0.2, 0.25) is 0 Å². The number of rotatable bonds is 5. The van der Waals surface area contributed by atoms with Gasteiger partial charge in [-0.2, -0.15) is 13.2 Å². The normalized spacial score (nSPS) is 22.7. The van der Waals surface area contributed by atoms with Gasteiger partial charge in [0.15, 0.2) is 5.69 Å². The van der Waals surface area contributed by atoms with Crippen molar-refractivity contribution >= 4 is 17.5 Å². The molecule has 3 N–H and O–H groups in total. The molecule has 3 aromatic rings. The fraction of sp³-hybridized carbons (Fsp3) is 0.435. The highest BCUT2D eigenvalue weighted by atomic mass is 19.4. The third-order valence-corrected chi connectivity index (χ3v) is 7.17. The van der Waals surface area contributed by atoms with Gasteiger partial charge >= 0.3 is 6.18 Å². The van der Waals surface area contributed by atoms with Gasteiger partial charge in [-0.3, -0.25) is 4.79 Å². The van der Waals surface area contributed by atoms with Crippen LogP contribution in [-0.2, 0) is 19.1 Å². The molecule has 3 aromatic heterocycles. The Balaban J connectivity index is 1.18. The number of nitrogens with zero attached hydrogens (tertiary/aromatic N) is 6. The maximum Gasteiger partial charge on any atom is 0.416 e. The van der Waals surface area contributed by atoms with Crippen LogP contribution < -0.4 is 16.0 Å². The Morgan fingerprint density at radius 3 is 2.80 bits per heavy atom. The molecule has 0 spiro atoms. The van der Waals surface area contributed by atoms with Crippen LogP contribution in [0.25, 0.3) is 0 Å². The summed E-state index contributed by atoms with van der Waals surface area (Å²) in [6, 6.07) is 2.70. The number of alkyl halides is 3. The van der Waals surface area contributed by atoms with Crippen molar-refractivity contribution in [2.24, 2.45) is 11.8 Å². The first kappa shape index (κ1) is 21.8. The predicted molar refractivity (Wildman–Crippen MR) is 119 cm³/mol. The average molecular weight is 484 g/mol. The lowest BCUT2D eigenvalue weighted by molar-refractivity contribution is -0.138. The van der Waals surface area contributed by atoms with E-state index in [-0.39, 0.29) is 23.8 Å². The molecule has 35 heavy (non-hydrogen) atoms. The summed E-state index contributed by atoms with van der Waals surface area (Å²) in [5.74, 6) is 1.50. The number of anilines is 2. The molecule has 1 saturated heterocycles. The Hall–Kier alpha value is -3.70. The first-order valence-electron chi connectivity index (χ1n) is 11.5. The molecule has 0 radical (unpaired) electrons. The second kappa shape index (κ2) is 7.92. The van der Waals surface area contributed by atoms with Crippen molar-refractivity contribution in [3.63, 3.8) is 0 Å². The lowest BCUT2D eigenvalue weighted by Gasteiger charge is -2.21. The smallest absolute Gasteiger partial charge is 0.383 e. The van der Waals surface area contributed by atoms with E-state index in [1.807, 2.05) is 11.0 Å². The summed E-state index contributed by atoms with van der Waals surface area (Å²) in [6.07, 6.45) is 2.18. The van der Waals surface area contributed by atoms with E-state index in [0.717, 1.165) is 36.7 Å². The van der Waals surface area contributed by atoms with E-state index in [1.54, 1.807) is 6.20 Å². The number of amides is 1. The minimum absolute atomic E-state index is 0.0231. The number of nitrogens with one attached hydrogen (secondary N) is 1. The van der Waals surface area contributed by atoms with Crippen LogP contribution in [0.5, 0.6) is 0 Å². The fourth-order valence-corrected chi connectivity index (χ4v) is 5.22. The third kappa shape index (κ3) is 4.06. The third-order valence-electron chi connectivity index (χ3n) is 7.17. The monoisotopic (exact) mass is 484 g/mol. The summed E-state index contributed by atoms with van der Waals surface area (Å²) in [6.45, 7) is 1.30. The van der Waals surface area contributed by atoms with E-state index in [4.69, 9.17) is 5.73 Å². The van der Waals surface area contributed by atoms with Gasteiger partial charge in [-0.05, 0) is 54.4 Å². The number of aromatic nitrogens is 5. The van der Waals surface area contributed by atoms with Crippen LogP contribution >= 0.6 is 0 Å². The zero-order valence-electron chi connectivity index (χ0n) is 18.7. The topological polar surface area (TPSA) is 115 Å². The second-order valence-electron chi connectivity index (χ2n) is 9.49. The molecule has 0 aromatic carbocycles. The number of pyridine rings is 2. The van der Waals surface area contributed by atoms with Crippen molar-refractivity contribution in [1.29, 1.82) is 0 Å². The Labute approximate surface area is 198 Å². The molecule has 3 aliphatic rings. The van der Waals surface area contributed by atoms with Gasteiger partial charge in [-0.15, -0.1) is 5.10 Å². The lowest BCUT2D eigenvalue weighted by atomic mass is 10.1. The van der Waals surface area contributed by atoms with E-state index in [2.05, 4.69) is 25.6 Å². The van der Waals surface area contributed by atoms with Gasteiger partial charge in [0, 0.05) is 31.0 Å². The van der Waals surface area contributed by atoms with Gasteiger partial charge < -0.3 is 16.0 Å². The molecule has 0 bridgehead atoms. The molecule has 3 atom stereocenters. The summed E-state index contributed by atoms with van der Waals surface area (Å²) in [4.78, 5) is 23.0. The summed E-state index contributed by atoms with van der Waals surface area (Å²) in [5.41, 5.74) is 6.98. The van der Waals surface area contributed by atoms with Crippen molar-refractivity contribution < 1.29 is 18.0 Å². The molecule has 1 aliphatic heterocycles. The van der Waals surface area contributed by atoms with Crippen LogP contribution in [-0.4, -0.2) is 44.0 Å². The highest BCUT2D eigenvalue weighted by molar-refractivity contribution is 5.92. The lowest BCUT2D eigenvalue weighted by Crippen LogP contribution is -2.27. The van der Waals surface area contributed by atoms with Gasteiger partial charge in [0.1, 0.15) is 11.6 Å². The van der Waals surface area contributed by atoms with Crippen molar-refractivity contribution in [3.8, 4) is 0 Å². The summed E-state index contributed by atoms with van der Waals surface area (Å²) >= 11 is 0. The number of nitrogens with two attached hydrogens (primary N) is 1. The van der Waals surface area contributed by atoms with Crippen LogP contribution in [0.15, 0.2) is 30.7 Å². The molecule has 182 valence electrons. The van der Waals surface area contributed by atoms with Gasteiger partial charge in [-0.1, -0.05) is 5.21 Å². The van der Waals surface area contributed by atoms with E-state index >= 15 is 0 Å². The summed E-state index contributed by atoms with van der Waals surface area (Å²) < 4.78 is 42.8. The minimum Gasteiger partial charge on any atom is -0.383 e. The molecule has 4 heterocycles. The van der Waals surface area contributed by atoms with Crippen LogP contribution in [0.4, 0.5) is 24.8 Å². The standard InChI is InChI=1S/C23H23F3N8O/c24-23(25,26)17-6-20(33-8-12-5-13(12)9-33)29-7-14(17)10-34-11-19(31-32-34)22(35)30-18-2-1-16-15(18)3-4-28-21(16)27/h3-4,6-7,11-13,18H,1-2,5,8-10H2,(H2,27,28)(H,30,35)/t12?,13?,18-/m1/s1. The molecular formula is C23H23F3N8O. The molecule has 9 nitrogen and oxygen atoms in total. The van der Waals surface area contributed by atoms with Crippen LogP contribution in [0, 0.1) is 11.8 Å². The quantitative estimate of drug-likeness (QED) is 0.572. The number of halogens is 3.